The average Bonchev–Trinajstić information content (AvgIpc) is 3.33. The predicted octanol–water partition coefficient (Wildman–Crippen LogP) is 3.91. The van der Waals surface area contributed by atoms with E-state index < -0.39 is 15.3 Å². The number of sulfonamides is 1. The summed E-state index contributed by atoms with van der Waals surface area (Å²) in [5.41, 5.74) is 2.93. The van der Waals surface area contributed by atoms with Gasteiger partial charge in [0.25, 0.3) is 0 Å². The Morgan fingerprint density at radius 3 is 2.59 bits per heavy atom. The highest BCUT2D eigenvalue weighted by Gasteiger charge is 2.26. The van der Waals surface area contributed by atoms with E-state index in [4.69, 9.17) is 0 Å². The predicted molar refractivity (Wildman–Crippen MR) is 126 cm³/mol. The summed E-state index contributed by atoms with van der Waals surface area (Å²) in [6.07, 6.45) is 1.53. The molecule has 0 radical (unpaired) electrons. The highest BCUT2D eigenvalue weighted by molar-refractivity contribution is 8.00. The van der Waals surface area contributed by atoms with Crippen LogP contribution in [0, 0.1) is 6.92 Å². The first-order valence-corrected chi connectivity index (χ1v) is 12.7. The first-order chi connectivity index (χ1) is 15.3. The number of hydrogen-bond donors (Lipinski definition) is 1. The lowest BCUT2D eigenvalue weighted by Crippen LogP contribution is -2.30. The molecule has 0 saturated carbocycles. The summed E-state index contributed by atoms with van der Waals surface area (Å²) >= 11 is 1.26. The second-order valence-electron chi connectivity index (χ2n) is 7.46. The van der Waals surface area contributed by atoms with E-state index in [2.05, 4.69) is 15.2 Å². The Morgan fingerprint density at radius 1 is 1.16 bits per heavy atom. The number of carbonyl (C=O) groups excluding carboxylic acids is 1. The molecule has 4 aromatic rings. The van der Waals surface area contributed by atoms with Crippen molar-refractivity contribution in [2.45, 2.75) is 43.0 Å². The van der Waals surface area contributed by atoms with Gasteiger partial charge in [-0.25, -0.2) is 8.42 Å². The highest BCUT2D eigenvalue weighted by atomic mass is 32.2. The number of para-hydroxylation sites is 1. The standard InChI is InChI=1S/C22H25N5O3S2/c1-5-26(6-2)32(29,30)16-11-12-19-24-25-22(27(19)13-16)31-15(4)21(28)20-14(3)23-18-10-8-7-9-17(18)20/h7-13,15,23H,5-6H2,1-4H3/t15-/m1/s1. The first kappa shape index (κ1) is 22.5. The fourth-order valence-electron chi connectivity index (χ4n) is 3.80. The maximum Gasteiger partial charge on any atom is 0.244 e. The van der Waals surface area contributed by atoms with Crippen LogP contribution in [0.2, 0.25) is 0 Å². The quantitative estimate of drug-likeness (QED) is 0.309. The summed E-state index contributed by atoms with van der Waals surface area (Å²) in [7, 11) is -3.62. The molecule has 0 aliphatic carbocycles. The van der Waals surface area contributed by atoms with Gasteiger partial charge in [0, 0.05) is 41.4 Å². The van der Waals surface area contributed by atoms with E-state index in [9.17, 15) is 13.2 Å². The van der Waals surface area contributed by atoms with E-state index in [-0.39, 0.29) is 10.7 Å². The van der Waals surface area contributed by atoms with Crippen LogP contribution in [-0.4, -0.2) is 56.4 Å². The Morgan fingerprint density at radius 2 is 1.88 bits per heavy atom. The van der Waals surface area contributed by atoms with Crippen LogP contribution in [0.4, 0.5) is 0 Å². The monoisotopic (exact) mass is 471 g/mol. The number of aromatic nitrogens is 4. The second-order valence-corrected chi connectivity index (χ2v) is 10.7. The van der Waals surface area contributed by atoms with Gasteiger partial charge in [-0.3, -0.25) is 9.20 Å². The van der Waals surface area contributed by atoms with E-state index in [1.165, 1.54) is 28.3 Å². The lowest BCUT2D eigenvalue weighted by molar-refractivity contribution is 0.0995. The van der Waals surface area contributed by atoms with Crippen molar-refractivity contribution in [2.24, 2.45) is 0 Å². The number of pyridine rings is 1. The van der Waals surface area contributed by atoms with Gasteiger partial charge in [-0.15, -0.1) is 10.2 Å². The van der Waals surface area contributed by atoms with Gasteiger partial charge in [-0.05, 0) is 32.0 Å². The zero-order valence-corrected chi connectivity index (χ0v) is 20.0. The third-order valence-corrected chi connectivity index (χ3v) is 8.57. The fourth-order valence-corrected chi connectivity index (χ4v) is 6.15. The van der Waals surface area contributed by atoms with Gasteiger partial charge >= 0.3 is 0 Å². The molecule has 0 fully saturated rings. The van der Waals surface area contributed by atoms with Crippen LogP contribution in [0.1, 0.15) is 36.8 Å². The van der Waals surface area contributed by atoms with Gasteiger partial charge < -0.3 is 4.98 Å². The summed E-state index contributed by atoms with van der Waals surface area (Å²) in [4.78, 5) is 16.7. The molecule has 0 aliphatic rings. The zero-order valence-electron chi connectivity index (χ0n) is 18.4. The number of aromatic amines is 1. The molecule has 4 rings (SSSR count). The Bertz CT molecular complexity index is 1400. The molecule has 0 amide bonds. The molecule has 0 spiro atoms. The summed E-state index contributed by atoms with van der Waals surface area (Å²) in [5.74, 6) is -0.0198. The Balaban J connectivity index is 1.67. The summed E-state index contributed by atoms with van der Waals surface area (Å²) in [6, 6.07) is 10.9. The van der Waals surface area contributed by atoms with Crippen LogP contribution in [0.25, 0.3) is 16.6 Å². The number of hydrogen-bond acceptors (Lipinski definition) is 6. The lowest BCUT2D eigenvalue weighted by atomic mass is 10.1. The van der Waals surface area contributed by atoms with Gasteiger partial charge in [-0.2, -0.15) is 4.31 Å². The number of fused-ring (bicyclic) bond motifs is 2. The van der Waals surface area contributed by atoms with Crippen molar-refractivity contribution in [3.05, 3.63) is 53.9 Å². The topological polar surface area (TPSA) is 100 Å². The number of rotatable bonds is 8. The number of nitrogens with zero attached hydrogens (tertiary/aromatic N) is 4. The van der Waals surface area contributed by atoms with Crippen molar-refractivity contribution in [1.82, 2.24) is 23.9 Å². The molecule has 0 bridgehead atoms. The smallest absolute Gasteiger partial charge is 0.244 e. The van der Waals surface area contributed by atoms with E-state index in [1.807, 2.05) is 38.1 Å². The number of benzene rings is 1. The number of carbonyl (C=O) groups is 1. The molecule has 3 aromatic heterocycles. The summed E-state index contributed by atoms with van der Waals surface area (Å²) in [5, 5.41) is 9.25. The van der Waals surface area contributed by atoms with Gasteiger partial charge in [0.05, 0.1) is 10.1 Å². The minimum atomic E-state index is -3.62. The fraction of sp³-hybridized carbons (Fsp3) is 0.318. The van der Waals surface area contributed by atoms with Crippen LogP contribution in [0.15, 0.2) is 52.6 Å². The minimum absolute atomic E-state index is 0.0198. The van der Waals surface area contributed by atoms with E-state index in [0.29, 0.717) is 29.5 Å². The normalized spacial score (nSPS) is 13.3. The largest absolute Gasteiger partial charge is 0.358 e. The highest BCUT2D eigenvalue weighted by Crippen LogP contribution is 2.30. The molecule has 3 heterocycles. The average molecular weight is 472 g/mol. The SMILES string of the molecule is CCN(CC)S(=O)(=O)c1ccc2nnc(S[C@H](C)C(=O)c3c(C)[nH]c4ccccc34)n2c1. The van der Waals surface area contributed by atoms with Crippen molar-refractivity contribution in [2.75, 3.05) is 13.1 Å². The molecule has 32 heavy (non-hydrogen) atoms. The number of nitrogens with one attached hydrogen (secondary N) is 1. The van der Waals surface area contributed by atoms with Crippen LogP contribution in [0.5, 0.6) is 0 Å². The molecule has 10 heteroatoms. The second kappa shape index (κ2) is 8.68. The van der Waals surface area contributed by atoms with E-state index in [1.54, 1.807) is 24.3 Å². The van der Waals surface area contributed by atoms with Crippen molar-refractivity contribution >= 4 is 44.1 Å². The van der Waals surface area contributed by atoms with Crippen LogP contribution in [0.3, 0.4) is 0 Å². The molecule has 168 valence electrons. The Hall–Kier alpha value is -2.69. The number of aryl methyl sites for hydroxylation is 1. The molecular formula is C22H25N5O3S2. The van der Waals surface area contributed by atoms with Gasteiger partial charge in [-0.1, -0.05) is 43.8 Å². The molecule has 0 unspecified atom stereocenters. The third-order valence-electron chi connectivity index (χ3n) is 5.48. The van der Waals surface area contributed by atoms with Gasteiger partial charge in [0.15, 0.2) is 16.6 Å². The van der Waals surface area contributed by atoms with Crippen molar-refractivity contribution in [3.63, 3.8) is 0 Å². The number of H-pyrrole nitrogens is 1. The molecule has 0 aliphatic heterocycles. The zero-order chi connectivity index (χ0) is 23.0. The van der Waals surface area contributed by atoms with Crippen LogP contribution >= 0.6 is 11.8 Å². The molecule has 1 N–H and O–H groups in total. The Labute approximate surface area is 191 Å². The minimum Gasteiger partial charge on any atom is -0.358 e. The van der Waals surface area contributed by atoms with Crippen molar-refractivity contribution in [3.8, 4) is 0 Å². The number of ketones is 1. The van der Waals surface area contributed by atoms with Gasteiger partial charge in [0.2, 0.25) is 10.0 Å². The summed E-state index contributed by atoms with van der Waals surface area (Å²) in [6.45, 7) is 8.10. The van der Waals surface area contributed by atoms with E-state index in [0.717, 1.165) is 16.6 Å². The molecule has 1 aromatic carbocycles. The maximum absolute atomic E-state index is 13.3. The van der Waals surface area contributed by atoms with Gasteiger partial charge in [0.1, 0.15) is 0 Å². The van der Waals surface area contributed by atoms with Crippen LogP contribution < -0.4 is 0 Å². The maximum atomic E-state index is 13.3. The summed E-state index contributed by atoms with van der Waals surface area (Å²) < 4.78 is 28.9. The Kier molecular flexibility index (Phi) is 6.11. The lowest BCUT2D eigenvalue weighted by Gasteiger charge is -2.18. The van der Waals surface area contributed by atoms with Crippen molar-refractivity contribution in [1.29, 1.82) is 0 Å². The number of Topliss-reactive ketones (excluding diaryl/α,β-unsaturated/α-hetero) is 1. The van der Waals surface area contributed by atoms with E-state index >= 15 is 0 Å². The molecule has 8 nitrogen and oxygen atoms in total. The molecule has 1 atom stereocenters. The molecular weight excluding hydrogens is 446 g/mol. The van der Waals surface area contributed by atoms with Crippen LogP contribution in [-0.2, 0) is 10.0 Å². The van der Waals surface area contributed by atoms with Crippen molar-refractivity contribution < 1.29 is 13.2 Å². The number of thioether (sulfide) groups is 1. The molecule has 0 saturated heterocycles. The third kappa shape index (κ3) is 3.82. The first-order valence-electron chi connectivity index (χ1n) is 10.4.